The van der Waals surface area contributed by atoms with E-state index in [2.05, 4.69) is 10.9 Å². The van der Waals surface area contributed by atoms with Crippen LogP contribution in [0.3, 0.4) is 0 Å². The predicted molar refractivity (Wildman–Crippen MR) is 102 cm³/mol. The minimum absolute atomic E-state index is 0.0258. The van der Waals surface area contributed by atoms with Crippen LogP contribution < -0.4 is 15.6 Å². The van der Waals surface area contributed by atoms with Crippen LogP contribution in [0.15, 0.2) is 28.7 Å². The van der Waals surface area contributed by atoms with Crippen molar-refractivity contribution in [1.82, 2.24) is 10.9 Å². The number of furan rings is 1. The van der Waals surface area contributed by atoms with E-state index in [9.17, 15) is 14.4 Å². The summed E-state index contributed by atoms with van der Waals surface area (Å²) >= 11 is 0. The zero-order valence-corrected chi connectivity index (χ0v) is 16.5. The molecule has 7 nitrogen and oxygen atoms in total. The number of hydrogen-bond acceptors (Lipinski definition) is 5. The van der Waals surface area contributed by atoms with E-state index in [1.807, 2.05) is 32.9 Å². The number of aryl methyl sites for hydroxylation is 1. The number of rotatable bonds is 4. The molecule has 0 saturated carbocycles. The van der Waals surface area contributed by atoms with Gasteiger partial charge in [0.2, 0.25) is 0 Å². The minimum Gasteiger partial charge on any atom is -0.484 e. The van der Waals surface area contributed by atoms with Crippen molar-refractivity contribution in [2.75, 3.05) is 6.61 Å². The van der Waals surface area contributed by atoms with Gasteiger partial charge in [-0.3, -0.25) is 25.2 Å². The van der Waals surface area contributed by atoms with Crippen LogP contribution in [0.2, 0.25) is 0 Å². The number of hydrazine groups is 1. The molecule has 28 heavy (non-hydrogen) atoms. The first-order chi connectivity index (χ1) is 13.2. The third-order valence-corrected chi connectivity index (χ3v) is 4.69. The lowest BCUT2D eigenvalue weighted by molar-refractivity contribution is -0.123. The normalized spacial score (nSPS) is 14.9. The highest BCUT2D eigenvalue weighted by Gasteiger charge is 2.37. The Hall–Kier alpha value is -3.09. The second kappa shape index (κ2) is 7.50. The maximum absolute atomic E-state index is 12.4. The number of hydrogen-bond donors (Lipinski definition) is 2. The summed E-state index contributed by atoms with van der Waals surface area (Å²) in [5.41, 5.74) is 6.46. The van der Waals surface area contributed by atoms with E-state index in [0.29, 0.717) is 35.5 Å². The molecule has 0 bridgehead atoms. The van der Waals surface area contributed by atoms with Crippen LogP contribution in [-0.2, 0) is 11.2 Å². The van der Waals surface area contributed by atoms with Crippen LogP contribution in [0.4, 0.5) is 0 Å². The molecule has 2 aromatic rings. The summed E-state index contributed by atoms with van der Waals surface area (Å²) in [6.45, 7) is 7.36. The van der Waals surface area contributed by atoms with Gasteiger partial charge >= 0.3 is 5.91 Å². The number of ether oxygens (including phenoxy) is 1. The lowest BCUT2D eigenvalue weighted by Crippen LogP contribution is -2.43. The van der Waals surface area contributed by atoms with Gasteiger partial charge in [0.1, 0.15) is 11.5 Å². The topological polar surface area (TPSA) is 97.6 Å². The van der Waals surface area contributed by atoms with Gasteiger partial charge in [-0.2, -0.15) is 0 Å². The molecule has 3 rings (SSSR count). The number of carbonyl (C=O) groups is 3. The predicted octanol–water partition coefficient (Wildman–Crippen LogP) is 2.89. The Balaban J connectivity index is 1.59. The summed E-state index contributed by atoms with van der Waals surface area (Å²) in [4.78, 5) is 36.7. The largest absolute Gasteiger partial charge is 0.484 e. The van der Waals surface area contributed by atoms with Gasteiger partial charge in [-0.05, 0) is 31.4 Å². The van der Waals surface area contributed by atoms with E-state index < -0.39 is 11.8 Å². The lowest BCUT2D eigenvalue weighted by atomic mass is 9.76. The van der Waals surface area contributed by atoms with Gasteiger partial charge in [-0.25, -0.2) is 0 Å². The van der Waals surface area contributed by atoms with E-state index in [4.69, 9.17) is 9.15 Å². The van der Waals surface area contributed by atoms with Crippen LogP contribution in [0, 0.1) is 19.3 Å². The minimum atomic E-state index is -0.610. The molecule has 0 atom stereocenters. The van der Waals surface area contributed by atoms with Crippen molar-refractivity contribution in [3.05, 3.63) is 52.5 Å². The van der Waals surface area contributed by atoms with Crippen LogP contribution in [0.1, 0.15) is 58.1 Å². The maximum atomic E-state index is 12.4. The average molecular weight is 384 g/mol. The molecule has 2 amide bonds. The monoisotopic (exact) mass is 384 g/mol. The van der Waals surface area contributed by atoms with Crippen molar-refractivity contribution in [2.45, 2.75) is 40.5 Å². The number of nitrogens with one attached hydrogen (secondary N) is 2. The molecular weight excluding hydrogens is 360 g/mol. The van der Waals surface area contributed by atoms with Gasteiger partial charge in [0.25, 0.3) is 5.91 Å². The zero-order valence-electron chi connectivity index (χ0n) is 16.5. The zero-order chi connectivity index (χ0) is 20.5. The molecule has 1 aromatic heterocycles. The molecule has 0 saturated heterocycles. The van der Waals surface area contributed by atoms with Gasteiger partial charge in [-0.15, -0.1) is 0 Å². The molecule has 0 aliphatic heterocycles. The smallest absolute Gasteiger partial charge is 0.305 e. The Morgan fingerprint density at radius 1 is 1.11 bits per heavy atom. The van der Waals surface area contributed by atoms with Crippen molar-refractivity contribution in [3.63, 3.8) is 0 Å². The van der Waals surface area contributed by atoms with Crippen molar-refractivity contribution < 1.29 is 23.5 Å². The second-order valence-corrected chi connectivity index (χ2v) is 7.90. The first-order valence-corrected chi connectivity index (χ1v) is 9.10. The molecule has 1 aromatic carbocycles. The summed E-state index contributed by atoms with van der Waals surface area (Å²) in [5.74, 6) is -0.0279. The number of Topliss-reactive ketones (excluding diaryl/α,β-unsaturated/α-hetero) is 1. The molecule has 1 aliphatic carbocycles. The van der Waals surface area contributed by atoms with Crippen molar-refractivity contribution in [1.29, 1.82) is 0 Å². The standard InChI is InChI=1S/C21H24N2O5/c1-12-5-7-14(8-6-12)27-11-17(25)22-23-20(26)19-13(2)18-15(24)9-21(3,4)10-16(18)28-19/h5-8H,9-11H2,1-4H3,(H,22,25)(H,23,26). The molecule has 148 valence electrons. The fourth-order valence-corrected chi connectivity index (χ4v) is 3.30. The Bertz CT molecular complexity index is 925. The van der Waals surface area contributed by atoms with Gasteiger partial charge in [0, 0.05) is 18.4 Å². The molecule has 2 N–H and O–H groups in total. The molecule has 0 radical (unpaired) electrons. The Kier molecular flexibility index (Phi) is 5.27. The van der Waals surface area contributed by atoms with Gasteiger partial charge < -0.3 is 9.15 Å². The Morgan fingerprint density at radius 3 is 2.46 bits per heavy atom. The van der Waals surface area contributed by atoms with Crippen LogP contribution in [0.25, 0.3) is 0 Å². The molecule has 1 aliphatic rings. The number of carbonyl (C=O) groups excluding carboxylic acids is 3. The summed E-state index contributed by atoms with van der Waals surface area (Å²) < 4.78 is 11.0. The molecule has 0 fully saturated rings. The van der Waals surface area contributed by atoms with Crippen LogP contribution >= 0.6 is 0 Å². The highest BCUT2D eigenvalue weighted by molar-refractivity contribution is 6.04. The highest BCUT2D eigenvalue weighted by Crippen LogP contribution is 2.38. The Morgan fingerprint density at radius 2 is 1.79 bits per heavy atom. The molecule has 7 heteroatoms. The summed E-state index contributed by atoms with van der Waals surface area (Å²) in [5, 5.41) is 0. The third-order valence-electron chi connectivity index (χ3n) is 4.69. The van der Waals surface area contributed by atoms with E-state index in [1.54, 1.807) is 19.1 Å². The highest BCUT2D eigenvalue weighted by atomic mass is 16.5. The van der Waals surface area contributed by atoms with Crippen molar-refractivity contribution >= 4 is 17.6 Å². The number of amides is 2. The molecule has 0 spiro atoms. The molecule has 0 unspecified atom stereocenters. The first-order valence-electron chi connectivity index (χ1n) is 9.10. The van der Waals surface area contributed by atoms with E-state index >= 15 is 0 Å². The fourth-order valence-electron chi connectivity index (χ4n) is 3.30. The first kappa shape index (κ1) is 19.7. The fraction of sp³-hybridized carbons (Fsp3) is 0.381. The van der Waals surface area contributed by atoms with E-state index in [1.165, 1.54) is 0 Å². The summed E-state index contributed by atoms with van der Waals surface area (Å²) in [6.07, 6.45) is 0.994. The number of benzene rings is 1. The van der Waals surface area contributed by atoms with Crippen molar-refractivity contribution in [2.24, 2.45) is 5.41 Å². The van der Waals surface area contributed by atoms with Crippen LogP contribution in [0.5, 0.6) is 5.75 Å². The summed E-state index contributed by atoms with van der Waals surface area (Å²) in [6, 6.07) is 7.27. The maximum Gasteiger partial charge on any atom is 0.305 e. The van der Waals surface area contributed by atoms with Crippen LogP contribution in [-0.4, -0.2) is 24.2 Å². The molecule has 1 heterocycles. The quantitative estimate of drug-likeness (QED) is 0.790. The summed E-state index contributed by atoms with van der Waals surface area (Å²) in [7, 11) is 0. The van der Waals surface area contributed by atoms with Gasteiger partial charge in [-0.1, -0.05) is 31.5 Å². The molecular formula is C21H24N2O5. The average Bonchev–Trinajstić information content (AvgIpc) is 2.94. The second-order valence-electron chi connectivity index (χ2n) is 7.90. The van der Waals surface area contributed by atoms with Gasteiger partial charge in [0.05, 0.1) is 5.56 Å². The van der Waals surface area contributed by atoms with Gasteiger partial charge in [0.15, 0.2) is 18.2 Å². The third kappa shape index (κ3) is 4.24. The Labute approximate surface area is 163 Å². The number of fused-ring (bicyclic) bond motifs is 1. The SMILES string of the molecule is Cc1ccc(OCC(=O)NNC(=O)c2oc3c(c2C)C(=O)CC(C)(C)C3)cc1. The number of ketones is 1. The van der Waals surface area contributed by atoms with E-state index in [0.717, 1.165) is 5.56 Å². The lowest BCUT2D eigenvalue weighted by Gasteiger charge is -2.27. The van der Waals surface area contributed by atoms with Crippen molar-refractivity contribution in [3.8, 4) is 5.75 Å². The van der Waals surface area contributed by atoms with E-state index in [-0.39, 0.29) is 23.6 Å².